The Labute approximate surface area is 108 Å². The molecule has 1 heterocycles. The SMILES string of the molecule is C=C(C)C(=O)OC1OC2CC1CC2CC(C)(C)O. The molecule has 2 bridgehead atoms. The minimum Gasteiger partial charge on any atom is -0.432 e. The molecule has 2 aliphatic rings. The van der Waals surface area contributed by atoms with Gasteiger partial charge in [0.15, 0.2) is 0 Å². The Kier molecular flexibility index (Phi) is 3.52. The number of carbonyl (C=O) groups is 1. The topological polar surface area (TPSA) is 55.8 Å². The molecule has 0 aromatic rings. The predicted molar refractivity (Wildman–Crippen MR) is 66.7 cm³/mol. The van der Waals surface area contributed by atoms with Crippen LogP contribution in [0, 0.1) is 11.8 Å². The molecule has 0 amide bonds. The van der Waals surface area contributed by atoms with Crippen molar-refractivity contribution >= 4 is 5.97 Å². The molecule has 18 heavy (non-hydrogen) atoms. The molecule has 4 heteroatoms. The van der Waals surface area contributed by atoms with Crippen molar-refractivity contribution in [2.24, 2.45) is 11.8 Å². The van der Waals surface area contributed by atoms with E-state index in [0.29, 0.717) is 11.5 Å². The number of fused-ring (bicyclic) bond motifs is 2. The van der Waals surface area contributed by atoms with Gasteiger partial charge < -0.3 is 14.6 Å². The number of hydrogen-bond donors (Lipinski definition) is 1. The van der Waals surface area contributed by atoms with Crippen molar-refractivity contribution in [1.29, 1.82) is 0 Å². The Hall–Kier alpha value is -0.870. The first kappa shape index (κ1) is 13.6. The number of esters is 1. The zero-order chi connectivity index (χ0) is 13.5. The molecule has 2 fully saturated rings. The van der Waals surface area contributed by atoms with Gasteiger partial charge in [-0.15, -0.1) is 0 Å². The van der Waals surface area contributed by atoms with Gasteiger partial charge in [0.05, 0.1) is 11.7 Å². The maximum Gasteiger partial charge on any atom is 0.335 e. The quantitative estimate of drug-likeness (QED) is 0.616. The fourth-order valence-electron chi connectivity index (χ4n) is 2.99. The minimum absolute atomic E-state index is 0.115. The second kappa shape index (κ2) is 4.67. The Morgan fingerprint density at radius 1 is 1.50 bits per heavy atom. The van der Waals surface area contributed by atoms with Crippen LogP contribution in [-0.2, 0) is 14.3 Å². The molecule has 1 aliphatic heterocycles. The molecule has 1 saturated carbocycles. The van der Waals surface area contributed by atoms with E-state index in [-0.39, 0.29) is 18.0 Å². The average Bonchev–Trinajstić information content (AvgIpc) is 2.74. The van der Waals surface area contributed by atoms with Crippen LogP contribution in [0.2, 0.25) is 0 Å². The van der Waals surface area contributed by atoms with Crippen LogP contribution in [0.4, 0.5) is 0 Å². The number of hydrogen-bond acceptors (Lipinski definition) is 4. The van der Waals surface area contributed by atoms with E-state index in [4.69, 9.17) is 9.47 Å². The summed E-state index contributed by atoms with van der Waals surface area (Å²) in [7, 11) is 0. The molecule has 1 aliphatic carbocycles. The predicted octanol–water partition coefficient (Wildman–Crippen LogP) is 2.02. The number of rotatable bonds is 4. The number of ether oxygens (including phenoxy) is 2. The normalized spacial score (nSPS) is 34.7. The summed E-state index contributed by atoms with van der Waals surface area (Å²) in [4.78, 5) is 11.4. The van der Waals surface area contributed by atoms with Crippen LogP contribution in [0.15, 0.2) is 12.2 Å². The lowest BCUT2D eigenvalue weighted by atomic mass is 9.89. The summed E-state index contributed by atoms with van der Waals surface area (Å²) in [5, 5.41) is 9.84. The molecule has 4 atom stereocenters. The summed E-state index contributed by atoms with van der Waals surface area (Å²) in [6.07, 6.45) is 2.31. The molecule has 0 spiro atoms. The molecule has 1 N–H and O–H groups in total. The summed E-state index contributed by atoms with van der Waals surface area (Å²) in [5.41, 5.74) is -0.267. The van der Waals surface area contributed by atoms with E-state index < -0.39 is 11.9 Å². The van der Waals surface area contributed by atoms with Crippen molar-refractivity contribution in [2.45, 2.75) is 58.0 Å². The molecule has 4 unspecified atom stereocenters. The van der Waals surface area contributed by atoms with Crippen LogP contribution < -0.4 is 0 Å². The second-order valence-electron chi connectivity index (χ2n) is 6.24. The second-order valence-corrected chi connectivity index (χ2v) is 6.24. The van der Waals surface area contributed by atoms with Gasteiger partial charge in [-0.2, -0.15) is 0 Å². The third kappa shape index (κ3) is 2.93. The van der Waals surface area contributed by atoms with Crippen LogP contribution >= 0.6 is 0 Å². The number of aliphatic hydroxyl groups is 1. The summed E-state index contributed by atoms with van der Waals surface area (Å²) in [5.74, 6) is 0.256. The maximum absolute atomic E-state index is 11.4. The lowest BCUT2D eigenvalue weighted by Crippen LogP contribution is -2.35. The first-order valence-electron chi connectivity index (χ1n) is 6.50. The van der Waals surface area contributed by atoms with Gasteiger partial charge >= 0.3 is 5.97 Å². The Morgan fingerprint density at radius 3 is 2.61 bits per heavy atom. The van der Waals surface area contributed by atoms with Crippen LogP contribution in [0.3, 0.4) is 0 Å². The van der Waals surface area contributed by atoms with E-state index in [9.17, 15) is 9.90 Å². The summed E-state index contributed by atoms with van der Waals surface area (Å²) in [6.45, 7) is 8.83. The van der Waals surface area contributed by atoms with Crippen molar-refractivity contribution in [3.63, 3.8) is 0 Å². The molecule has 1 saturated heterocycles. The molecule has 0 aromatic heterocycles. The van der Waals surface area contributed by atoms with E-state index in [2.05, 4.69) is 6.58 Å². The molecule has 4 nitrogen and oxygen atoms in total. The molecule has 0 radical (unpaired) electrons. The Morgan fingerprint density at radius 2 is 2.17 bits per heavy atom. The molecule has 2 rings (SSSR count). The van der Waals surface area contributed by atoms with Crippen LogP contribution in [-0.4, -0.2) is 29.1 Å². The highest BCUT2D eigenvalue weighted by Gasteiger charge is 2.49. The highest BCUT2D eigenvalue weighted by Crippen LogP contribution is 2.47. The molecule has 102 valence electrons. The summed E-state index contributed by atoms with van der Waals surface area (Å²) < 4.78 is 11.0. The molecular formula is C14H22O4. The van der Waals surface area contributed by atoms with Crippen molar-refractivity contribution < 1.29 is 19.4 Å². The van der Waals surface area contributed by atoms with Crippen LogP contribution in [0.25, 0.3) is 0 Å². The molecule has 0 aromatic carbocycles. The van der Waals surface area contributed by atoms with E-state index in [1.165, 1.54) is 0 Å². The third-order valence-corrected chi connectivity index (χ3v) is 3.69. The third-order valence-electron chi connectivity index (χ3n) is 3.69. The lowest BCUT2D eigenvalue weighted by Gasteiger charge is -2.31. The van der Waals surface area contributed by atoms with E-state index in [1.54, 1.807) is 6.92 Å². The van der Waals surface area contributed by atoms with Gasteiger partial charge in [0.1, 0.15) is 0 Å². The smallest absolute Gasteiger partial charge is 0.335 e. The van der Waals surface area contributed by atoms with Crippen LogP contribution in [0.5, 0.6) is 0 Å². The van der Waals surface area contributed by atoms with Crippen molar-refractivity contribution in [2.75, 3.05) is 0 Å². The zero-order valence-corrected chi connectivity index (χ0v) is 11.3. The fraction of sp³-hybridized carbons (Fsp3) is 0.786. The highest BCUT2D eigenvalue weighted by molar-refractivity contribution is 5.87. The summed E-state index contributed by atoms with van der Waals surface area (Å²) >= 11 is 0. The van der Waals surface area contributed by atoms with Gasteiger partial charge in [-0.25, -0.2) is 4.79 Å². The Bertz CT molecular complexity index is 355. The van der Waals surface area contributed by atoms with Gasteiger partial charge in [-0.05, 0) is 46.0 Å². The van der Waals surface area contributed by atoms with Crippen molar-refractivity contribution in [3.05, 3.63) is 12.2 Å². The van der Waals surface area contributed by atoms with Crippen molar-refractivity contribution in [1.82, 2.24) is 0 Å². The van der Waals surface area contributed by atoms with E-state index >= 15 is 0 Å². The van der Waals surface area contributed by atoms with Gasteiger partial charge in [-0.3, -0.25) is 0 Å². The van der Waals surface area contributed by atoms with Crippen molar-refractivity contribution in [3.8, 4) is 0 Å². The highest BCUT2D eigenvalue weighted by atomic mass is 16.7. The average molecular weight is 254 g/mol. The summed E-state index contributed by atoms with van der Waals surface area (Å²) in [6, 6.07) is 0. The molecular weight excluding hydrogens is 232 g/mol. The zero-order valence-electron chi connectivity index (χ0n) is 11.3. The minimum atomic E-state index is -0.664. The van der Waals surface area contributed by atoms with Gasteiger partial charge in [0.25, 0.3) is 0 Å². The van der Waals surface area contributed by atoms with Gasteiger partial charge in [-0.1, -0.05) is 6.58 Å². The van der Waals surface area contributed by atoms with Gasteiger partial charge in [0, 0.05) is 11.5 Å². The Balaban J connectivity index is 1.87. The number of carbonyl (C=O) groups excluding carboxylic acids is 1. The monoisotopic (exact) mass is 254 g/mol. The van der Waals surface area contributed by atoms with E-state index in [1.807, 2.05) is 13.8 Å². The fourth-order valence-corrected chi connectivity index (χ4v) is 2.99. The van der Waals surface area contributed by atoms with E-state index in [0.717, 1.165) is 19.3 Å². The largest absolute Gasteiger partial charge is 0.432 e. The first-order chi connectivity index (χ1) is 8.26. The lowest BCUT2D eigenvalue weighted by molar-refractivity contribution is -0.193. The maximum atomic E-state index is 11.4. The van der Waals surface area contributed by atoms with Gasteiger partial charge in [0.2, 0.25) is 6.29 Å². The van der Waals surface area contributed by atoms with Crippen LogP contribution in [0.1, 0.15) is 40.0 Å². The standard InChI is InChI=1S/C14H22O4/c1-8(2)12(15)18-13-9-5-10(7-14(3,4)16)11(6-9)17-13/h9-11,13,16H,1,5-7H2,2-4H3. The first-order valence-corrected chi connectivity index (χ1v) is 6.50.